The average Bonchev–Trinajstić information content (AvgIpc) is 2.81. The van der Waals surface area contributed by atoms with E-state index in [1.807, 2.05) is 36.4 Å². The average molecular weight is 287 g/mol. The van der Waals surface area contributed by atoms with E-state index >= 15 is 0 Å². The largest absolute Gasteiger partial charge is 0.284 e. The molecule has 6 heteroatoms. The molecule has 0 unspecified atom stereocenters. The fraction of sp³-hybridized carbons (Fsp3) is 0.0714. The first kappa shape index (κ1) is 12.7. The van der Waals surface area contributed by atoms with Crippen molar-refractivity contribution in [3.8, 4) is 11.3 Å². The van der Waals surface area contributed by atoms with Crippen LogP contribution in [0.3, 0.4) is 0 Å². The summed E-state index contributed by atoms with van der Waals surface area (Å²) in [5.41, 5.74) is 3.18. The number of benzene rings is 2. The number of sulfonamides is 1. The molecule has 0 radical (unpaired) electrons. The van der Waals surface area contributed by atoms with Crippen LogP contribution in [-0.2, 0) is 10.0 Å². The Bertz CT molecular complexity index is 855. The maximum absolute atomic E-state index is 11.3. The van der Waals surface area contributed by atoms with E-state index in [0.29, 0.717) is 5.69 Å². The summed E-state index contributed by atoms with van der Waals surface area (Å²) in [6.07, 6.45) is 1.13. The summed E-state index contributed by atoms with van der Waals surface area (Å²) in [5, 5.41) is 8.13. The topological polar surface area (TPSA) is 74.8 Å². The zero-order chi connectivity index (χ0) is 14.2. The highest BCUT2D eigenvalue weighted by molar-refractivity contribution is 7.92. The van der Waals surface area contributed by atoms with Crippen LogP contribution in [0.4, 0.5) is 5.69 Å². The SMILES string of the molecule is CS(=O)(=O)Nc1ccc2[nH]nc(-c3ccccc3)c2c1. The smallest absolute Gasteiger partial charge is 0.229 e. The Morgan fingerprint density at radius 2 is 1.85 bits per heavy atom. The van der Waals surface area contributed by atoms with E-state index in [-0.39, 0.29) is 0 Å². The van der Waals surface area contributed by atoms with Gasteiger partial charge in [0.05, 0.1) is 17.5 Å². The minimum Gasteiger partial charge on any atom is -0.284 e. The monoisotopic (exact) mass is 287 g/mol. The summed E-state index contributed by atoms with van der Waals surface area (Å²) in [4.78, 5) is 0. The number of rotatable bonds is 3. The quantitative estimate of drug-likeness (QED) is 0.777. The van der Waals surface area contributed by atoms with Crippen LogP contribution in [0.1, 0.15) is 0 Å². The first-order valence-corrected chi connectivity index (χ1v) is 7.93. The zero-order valence-electron chi connectivity index (χ0n) is 10.8. The third kappa shape index (κ3) is 2.50. The second kappa shape index (κ2) is 4.64. The van der Waals surface area contributed by atoms with Gasteiger partial charge in [-0.3, -0.25) is 9.82 Å². The Morgan fingerprint density at radius 3 is 2.55 bits per heavy atom. The number of aromatic nitrogens is 2. The van der Waals surface area contributed by atoms with E-state index < -0.39 is 10.0 Å². The number of fused-ring (bicyclic) bond motifs is 1. The van der Waals surface area contributed by atoms with Crippen molar-refractivity contribution in [1.29, 1.82) is 0 Å². The minimum atomic E-state index is -3.29. The Kier molecular flexibility index (Phi) is 2.94. The summed E-state index contributed by atoms with van der Waals surface area (Å²) in [7, 11) is -3.29. The van der Waals surface area contributed by atoms with Crippen LogP contribution >= 0.6 is 0 Å². The minimum absolute atomic E-state index is 0.526. The second-order valence-corrected chi connectivity index (χ2v) is 6.32. The molecule has 2 N–H and O–H groups in total. The molecule has 3 aromatic rings. The van der Waals surface area contributed by atoms with Crippen molar-refractivity contribution in [3.05, 3.63) is 48.5 Å². The molecular formula is C14H13N3O2S. The number of hydrogen-bond acceptors (Lipinski definition) is 3. The van der Waals surface area contributed by atoms with Crippen molar-refractivity contribution < 1.29 is 8.42 Å². The molecule has 102 valence electrons. The fourth-order valence-corrected chi connectivity index (χ4v) is 2.66. The van der Waals surface area contributed by atoms with Crippen molar-refractivity contribution in [1.82, 2.24) is 10.2 Å². The third-order valence-corrected chi connectivity index (χ3v) is 3.52. The molecule has 1 aromatic heterocycles. The molecule has 0 spiro atoms. The summed E-state index contributed by atoms with van der Waals surface area (Å²) >= 11 is 0. The number of nitrogens with zero attached hydrogens (tertiary/aromatic N) is 1. The summed E-state index contributed by atoms with van der Waals surface area (Å²) in [5.74, 6) is 0. The Morgan fingerprint density at radius 1 is 1.10 bits per heavy atom. The van der Waals surface area contributed by atoms with Crippen LogP contribution in [0.15, 0.2) is 48.5 Å². The number of anilines is 1. The highest BCUT2D eigenvalue weighted by atomic mass is 32.2. The lowest BCUT2D eigenvalue weighted by atomic mass is 10.1. The molecule has 0 bridgehead atoms. The molecule has 0 aliphatic carbocycles. The lowest BCUT2D eigenvalue weighted by Gasteiger charge is -2.04. The van der Waals surface area contributed by atoms with Gasteiger partial charge in [-0.1, -0.05) is 30.3 Å². The van der Waals surface area contributed by atoms with Crippen LogP contribution in [-0.4, -0.2) is 24.9 Å². The molecule has 0 saturated heterocycles. The number of H-pyrrole nitrogens is 1. The first-order chi connectivity index (χ1) is 9.53. The van der Waals surface area contributed by atoms with E-state index in [1.165, 1.54) is 0 Å². The molecule has 0 fully saturated rings. The Hall–Kier alpha value is -2.34. The molecule has 5 nitrogen and oxygen atoms in total. The fourth-order valence-electron chi connectivity index (χ4n) is 2.11. The maximum Gasteiger partial charge on any atom is 0.229 e. The van der Waals surface area contributed by atoms with Gasteiger partial charge in [-0.15, -0.1) is 0 Å². The number of aromatic amines is 1. The molecule has 0 aliphatic rings. The van der Waals surface area contributed by atoms with Gasteiger partial charge in [0, 0.05) is 16.6 Å². The molecule has 0 aliphatic heterocycles. The van der Waals surface area contributed by atoms with Crippen molar-refractivity contribution in [2.24, 2.45) is 0 Å². The van der Waals surface area contributed by atoms with Crippen LogP contribution in [0, 0.1) is 0 Å². The molecule has 0 atom stereocenters. The van der Waals surface area contributed by atoms with Gasteiger partial charge in [0.1, 0.15) is 0 Å². The molecular weight excluding hydrogens is 274 g/mol. The van der Waals surface area contributed by atoms with Gasteiger partial charge < -0.3 is 0 Å². The van der Waals surface area contributed by atoms with Crippen LogP contribution in [0.5, 0.6) is 0 Å². The predicted octanol–water partition coefficient (Wildman–Crippen LogP) is 2.60. The van der Waals surface area contributed by atoms with E-state index in [1.54, 1.807) is 12.1 Å². The van der Waals surface area contributed by atoms with E-state index in [9.17, 15) is 8.42 Å². The standard InChI is InChI=1S/C14H13N3O2S/c1-20(18,19)17-11-7-8-13-12(9-11)14(16-15-13)10-5-3-2-4-6-10/h2-9,17H,1H3,(H,15,16). The molecule has 0 saturated carbocycles. The second-order valence-electron chi connectivity index (χ2n) is 4.57. The zero-order valence-corrected chi connectivity index (χ0v) is 11.6. The van der Waals surface area contributed by atoms with Gasteiger partial charge in [-0.25, -0.2) is 8.42 Å². The molecule has 0 amide bonds. The normalized spacial score (nSPS) is 11.7. The molecule has 1 heterocycles. The van der Waals surface area contributed by atoms with Crippen molar-refractivity contribution in [2.75, 3.05) is 11.0 Å². The molecule has 3 rings (SSSR count). The van der Waals surface area contributed by atoms with Crippen molar-refractivity contribution in [2.45, 2.75) is 0 Å². The van der Waals surface area contributed by atoms with Gasteiger partial charge in [0.2, 0.25) is 10.0 Å². The lowest BCUT2D eigenvalue weighted by molar-refractivity contribution is 0.607. The number of hydrogen-bond donors (Lipinski definition) is 2. The summed E-state index contributed by atoms with van der Waals surface area (Å²) in [6, 6.07) is 15.0. The van der Waals surface area contributed by atoms with Gasteiger partial charge in [0.15, 0.2) is 0 Å². The lowest BCUT2D eigenvalue weighted by Crippen LogP contribution is -2.09. The van der Waals surface area contributed by atoms with Crippen LogP contribution in [0.25, 0.3) is 22.2 Å². The van der Waals surface area contributed by atoms with Gasteiger partial charge in [0.25, 0.3) is 0 Å². The first-order valence-electron chi connectivity index (χ1n) is 6.04. The highest BCUT2D eigenvalue weighted by Gasteiger charge is 2.09. The van der Waals surface area contributed by atoms with Gasteiger partial charge in [-0.05, 0) is 18.2 Å². The van der Waals surface area contributed by atoms with Crippen LogP contribution in [0.2, 0.25) is 0 Å². The van der Waals surface area contributed by atoms with Gasteiger partial charge in [-0.2, -0.15) is 5.10 Å². The third-order valence-electron chi connectivity index (χ3n) is 2.91. The molecule has 2 aromatic carbocycles. The van der Waals surface area contributed by atoms with Gasteiger partial charge >= 0.3 is 0 Å². The predicted molar refractivity (Wildman–Crippen MR) is 80.0 cm³/mol. The van der Waals surface area contributed by atoms with Crippen molar-refractivity contribution in [3.63, 3.8) is 0 Å². The number of nitrogens with one attached hydrogen (secondary N) is 2. The van der Waals surface area contributed by atoms with Crippen molar-refractivity contribution >= 4 is 26.6 Å². The highest BCUT2D eigenvalue weighted by Crippen LogP contribution is 2.28. The van der Waals surface area contributed by atoms with E-state index in [2.05, 4.69) is 14.9 Å². The maximum atomic E-state index is 11.3. The summed E-state index contributed by atoms with van der Waals surface area (Å²) < 4.78 is 25.1. The molecule has 20 heavy (non-hydrogen) atoms. The van der Waals surface area contributed by atoms with E-state index in [0.717, 1.165) is 28.4 Å². The van der Waals surface area contributed by atoms with E-state index in [4.69, 9.17) is 0 Å². The van der Waals surface area contributed by atoms with Crippen LogP contribution < -0.4 is 4.72 Å². The Labute approximate surface area is 116 Å². The Balaban J connectivity index is 2.13. The summed E-state index contributed by atoms with van der Waals surface area (Å²) in [6.45, 7) is 0.